The van der Waals surface area contributed by atoms with Gasteiger partial charge < -0.3 is 99.8 Å². The molecule has 1 N–H and O–H groups in total. The van der Waals surface area contributed by atoms with E-state index in [-0.39, 0.29) is 109 Å². The molecule has 8 aliphatic rings. The van der Waals surface area contributed by atoms with Crippen LogP contribution in [0.25, 0.3) is 0 Å². The number of ether oxygens (including phenoxy) is 20. The lowest BCUT2D eigenvalue weighted by Crippen LogP contribution is -2.36. The molecule has 8 heterocycles. The lowest BCUT2D eigenvalue weighted by Gasteiger charge is -2.18. The molecule has 33 nitrogen and oxygen atoms in total. The zero-order chi connectivity index (χ0) is 90.3. The minimum atomic E-state index is -0.728. The van der Waals surface area contributed by atoms with E-state index in [2.05, 4.69) is 0 Å². The number of benzene rings is 8. The highest BCUT2D eigenvalue weighted by atomic mass is 16.7. The van der Waals surface area contributed by atoms with Crippen molar-refractivity contribution in [2.75, 3.05) is 52.9 Å². The highest BCUT2D eigenvalue weighted by Crippen LogP contribution is 2.39. The Morgan fingerprint density at radius 3 is 0.835 bits per heavy atom. The van der Waals surface area contributed by atoms with E-state index < -0.39 is 169 Å². The number of phenolic OH excluding ortho intramolecular Hbond substituents is 1. The molecule has 8 aliphatic heterocycles. The molecule has 8 aromatic carbocycles. The first-order valence-electron chi connectivity index (χ1n) is 40.8. The van der Waals surface area contributed by atoms with E-state index in [4.69, 9.17) is 94.7 Å². The third-order valence-electron chi connectivity index (χ3n) is 21.5. The van der Waals surface area contributed by atoms with Crippen molar-refractivity contribution in [3.8, 4) is 28.7 Å². The number of hydrogen-bond donors (Lipinski definition) is 1. The molecule has 16 rings (SSSR count). The van der Waals surface area contributed by atoms with Gasteiger partial charge in [0.1, 0.15) is 105 Å². The van der Waals surface area contributed by atoms with Crippen LogP contribution in [-0.4, -0.2) is 227 Å². The van der Waals surface area contributed by atoms with Gasteiger partial charge in [-0.15, -0.1) is 0 Å². The molecule has 8 saturated heterocycles. The zero-order valence-electron chi connectivity index (χ0n) is 70.4. The summed E-state index contributed by atoms with van der Waals surface area (Å²) in [7, 11) is 0. The fourth-order valence-electron chi connectivity index (χ4n) is 15.2. The van der Waals surface area contributed by atoms with Crippen LogP contribution >= 0.6 is 0 Å². The van der Waals surface area contributed by atoms with Crippen LogP contribution in [0.2, 0.25) is 0 Å². The fraction of sp³-hybridized carbons (Fsp3) is 0.362. The Morgan fingerprint density at radius 2 is 0.528 bits per heavy atom. The van der Waals surface area contributed by atoms with Crippen molar-refractivity contribution >= 4 is 71.6 Å². The monoisotopic (exact) mass is 1750 g/mol. The van der Waals surface area contributed by atoms with Crippen molar-refractivity contribution in [1.29, 1.82) is 0 Å². The van der Waals surface area contributed by atoms with Crippen LogP contribution in [0.15, 0.2) is 182 Å². The quantitative estimate of drug-likeness (QED) is 0.0397. The molecule has 0 radical (unpaired) electrons. The summed E-state index contributed by atoms with van der Waals surface area (Å²) in [5.41, 5.74) is 6.26. The van der Waals surface area contributed by atoms with Gasteiger partial charge in [-0.1, -0.05) is 116 Å². The van der Waals surface area contributed by atoms with E-state index in [1.807, 2.05) is 58.0 Å². The van der Waals surface area contributed by atoms with Crippen molar-refractivity contribution < 1.29 is 157 Å². The van der Waals surface area contributed by atoms with Crippen molar-refractivity contribution in [2.45, 2.75) is 166 Å². The van der Waals surface area contributed by atoms with Gasteiger partial charge in [0.2, 0.25) is 0 Å². The highest BCUT2D eigenvalue weighted by Gasteiger charge is 2.56. The highest BCUT2D eigenvalue weighted by molar-refractivity contribution is 5.97. The molecule has 0 amide bonds. The SMILES string of the molecule is CC(=O)Oc1ccccc1C(=O)OC1CO[C@H]2[C@@H]1OC[C@H]2OC(=O)c1cccc(C)c1.CC(=O)Oc1ccccc1C(=O)OC1CO[C@H]2[C@@H]1OC[C@H]2OC(=O)c1cccc(C)c1C.CC(=O)Oc1ccccc1C(=O)OC1CO[C@H]2[C@@H]1OC[C@H]2OC(=O)c1cccc(C)c1O.CCc1ccccc1C(=O)O[C@@H]1CO[C@@H]2C(OC(=O)c3ccccc3OC(C)=O)CO[C@@H]21. The Hall–Kier alpha value is -13.1. The number of fused-ring (bicyclic) bond motifs is 4. The molecule has 8 aromatic rings. The topological polar surface area (TPSA) is 410 Å². The Balaban J connectivity index is 0.000000145. The third kappa shape index (κ3) is 22.2. The first-order chi connectivity index (χ1) is 61.1. The van der Waals surface area contributed by atoms with E-state index in [9.17, 15) is 62.6 Å². The third-order valence-corrected chi connectivity index (χ3v) is 21.5. The largest absolute Gasteiger partial charge is 0.507 e. The lowest BCUT2D eigenvalue weighted by molar-refractivity contribution is -0.132. The van der Waals surface area contributed by atoms with Crippen LogP contribution < -0.4 is 18.9 Å². The predicted octanol–water partition coefficient (Wildman–Crippen LogP) is 10.1. The van der Waals surface area contributed by atoms with Gasteiger partial charge >= 0.3 is 71.6 Å². The van der Waals surface area contributed by atoms with Crippen LogP contribution in [0.1, 0.15) is 145 Å². The van der Waals surface area contributed by atoms with Gasteiger partial charge in [-0.3, -0.25) is 19.2 Å². The molecule has 0 aliphatic carbocycles. The maximum Gasteiger partial charge on any atom is 0.342 e. The first kappa shape index (κ1) is 91.6. The van der Waals surface area contributed by atoms with Crippen molar-refractivity contribution in [3.63, 3.8) is 0 Å². The number of hydrogen-bond acceptors (Lipinski definition) is 33. The second-order valence-corrected chi connectivity index (χ2v) is 30.4. The molecular weight excluding hydrogens is 1660 g/mol. The summed E-state index contributed by atoms with van der Waals surface area (Å²) in [5, 5.41) is 10.1. The number of phenols is 1. The van der Waals surface area contributed by atoms with Crippen LogP contribution in [0, 0.1) is 27.7 Å². The number of carbonyl (C=O) groups is 12. The summed E-state index contributed by atoms with van der Waals surface area (Å²) >= 11 is 0. The van der Waals surface area contributed by atoms with Gasteiger partial charge in [0.15, 0.2) is 48.8 Å². The predicted molar refractivity (Wildman–Crippen MR) is 438 cm³/mol. The molecule has 4 unspecified atom stereocenters. The average molecular weight is 1750 g/mol. The molecule has 0 saturated carbocycles. The van der Waals surface area contributed by atoms with Crippen molar-refractivity contribution in [2.24, 2.45) is 0 Å². The van der Waals surface area contributed by atoms with E-state index in [0.717, 1.165) is 22.3 Å². The van der Waals surface area contributed by atoms with Gasteiger partial charge in [-0.25, -0.2) is 38.4 Å². The summed E-state index contributed by atoms with van der Waals surface area (Å²) in [6.07, 6.45) is -9.09. The zero-order valence-corrected chi connectivity index (χ0v) is 70.4. The molecule has 8 fully saturated rings. The van der Waals surface area contributed by atoms with E-state index in [1.165, 1.54) is 82.3 Å². The minimum absolute atomic E-state index is 0.0523. The van der Waals surface area contributed by atoms with Gasteiger partial charge in [0.25, 0.3) is 0 Å². The van der Waals surface area contributed by atoms with E-state index >= 15 is 0 Å². The summed E-state index contributed by atoms with van der Waals surface area (Å²) in [6.45, 7) is 15.2. The molecular formula is C94H92O33. The van der Waals surface area contributed by atoms with Crippen LogP contribution in [0.3, 0.4) is 0 Å². The van der Waals surface area contributed by atoms with Gasteiger partial charge in [-0.05, 0) is 135 Å². The smallest absolute Gasteiger partial charge is 0.342 e. The van der Waals surface area contributed by atoms with E-state index in [1.54, 1.807) is 104 Å². The molecule has 33 heteroatoms. The number of rotatable bonds is 21. The lowest BCUT2D eigenvalue weighted by atomic mass is 10.0. The summed E-state index contributed by atoms with van der Waals surface area (Å²) in [5.74, 6) is -6.56. The second kappa shape index (κ2) is 41.8. The number of esters is 12. The normalized spacial score (nSPS) is 24.0. The Kier molecular flexibility index (Phi) is 30.1. The molecule has 666 valence electrons. The fourth-order valence-corrected chi connectivity index (χ4v) is 15.2. The molecule has 0 aromatic heterocycles. The van der Waals surface area contributed by atoms with E-state index in [0.29, 0.717) is 28.7 Å². The number of aromatic hydroxyl groups is 1. The standard InChI is InChI=1S/2C24H24O8.C23H22O9.C23H22O8/c1-13-7-6-9-16(14(13)2)23(26)31-19-11-28-22-20(12-29-21(19)22)32-24(27)17-8-4-5-10-18(17)30-15(3)25;1-3-15-8-4-5-9-16(15)23(26)31-19-12-28-22-20(13-29-21(19)22)32-24(27)17-10-6-7-11-18(17)30-14(2)25;1-12-6-5-8-15(19(12)25)23(27)32-18-11-29-20-17(10-28-21(18)20)31-22(26)14-7-3-4-9-16(14)30-13(2)24;1-13-6-5-7-15(10-13)22(25)30-18-11-27-21-19(12-28-20(18)21)31-23(26)16-8-3-4-9-17(16)29-14(2)24/h4-10,19-22H,11-12H2,1-3H3;4-11,19-22H,3,12-13H2,1-2H3;3-9,17-18,20-21,25H,10-11H2,1-2H3;3-10,18-21H,11-12H2,1-2H3/t2*19-,20?,21-,22-;17?,18-,20-,21-;18-,19?,20-,21-/m1111/s1. The minimum Gasteiger partial charge on any atom is -0.507 e. The van der Waals surface area contributed by atoms with Crippen LogP contribution in [0.4, 0.5) is 0 Å². The molecule has 16 atom stereocenters. The Bertz CT molecular complexity index is 5260. The number of aryl methyl sites for hydroxylation is 4. The van der Waals surface area contributed by atoms with Crippen molar-refractivity contribution in [3.05, 3.63) is 254 Å². The average Bonchev–Trinajstić information content (AvgIpc) is 1.65. The van der Waals surface area contributed by atoms with Crippen LogP contribution in [0.5, 0.6) is 28.7 Å². The Morgan fingerprint density at radius 1 is 0.283 bits per heavy atom. The van der Waals surface area contributed by atoms with Gasteiger partial charge in [0, 0.05) is 27.7 Å². The molecule has 0 spiro atoms. The number of carbonyl (C=O) groups excluding carboxylic acids is 12. The molecule has 127 heavy (non-hydrogen) atoms. The maximum atomic E-state index is 12.7. The molecule has 0 bridgehead atoms. The van der Waals surface area contributed by atoms with Crippen LogP contribution in [-0.2, 0) is 101 Å². The maximum absolute atomic E-state index is 12.7. The number of para-hydroxylation sites is 5. The summed E-state index contributed by atoms with van der Waals surface area (Å²) in [4.78, 5) is 146. The summed E-state index contributed by atoms with van der Waals surface area (Å²) in [6, 6.07) is 49.9. The Labute approximate surface area is 728 Å². The van der Waals surface area contributed by atoms with Gasteiger partial charge in [0.05, 0.1) is 69.5 Å². The van der Waals surface area contributed by atoms with Crippen molar-refractivity contribution in [1.82, 2.24) is 0 Å². The summed E-state index contributed by atoms with van der Waals surface area (Å²) < 4.78 is 111. The van der Waals surface area contributed by atoms with Gasteiger partial charge in [-0.2, -0.15) is 0 Å². The second-order valence-electron chi connectivity index (χ2n) is 30.4. The first-order valence-corrected chi connectivity index (χ1v) is 40.8.